The van der Waals surface area contributed by atoms with Crippen LogP contribution in [0.25, 0.3) is 0 Å². The van der Waals surface area contributed by atoms with Crippen molar-refractivity contribution in [3.63, 3.8) is 0 Å². The van der Waals surface area contributed by atoms with Gasteiger partial charge in [0.2, 0.25) is 0 Å². The van der Waals surface area contributed by atoms with E-state index in [1.165, 1.54) is 5.57 Å². The van der Waals surface area contributed by atoms with Gasteiger partial charge < -0.3 is 4.74 Å². The zero-order valence-corrected chi connectivity index (χ0v) is 8.34. The third-order valence-corrected chi connectivity index (χ3v) is 2.17. The summed E-state index contributed by atoms with van der Waals surface area (Å²) in [7, 11) is 0. The number of ketones is 1. The summed E-state index contributed by atoms with van der Waals surface area (Å²) in [6.45, 7) is 3.54. The average Bonchev–Trinajstić information content (AvgIpc) is 2.31. The van der Waals surface area contributed by atoms with Gasteiger partial charge in [-0.1, -0.05) is 6.92 Å². The SMILES string of the molecule is CCCOCC1=CC(=O)CCCC1. The average molecular weight is 182 g/mol. The fourth-order valence-corrected chi connectivity index (χ4v) is 1.48. The Morgan fingerprint density at radius 3 is 2.92 bits per heavy atom. The molecular weight excluding hydrogens is 164 g/mol. The van der Waals surface area contributed by atoms with Crippen LogP contribution in [0.5, 0.6) is 0 Å². The van der Waals surface area contributed by atoms with Gasteiger partial charge in [-0.3, -0.25) is 4.79 Å². The first-order chi connectivity index (χ1) is 6.33. The first kappa shape index (κ1) is 10.5. The monoisotopic (exact) mass is 182 g/mol. The molecule has 0 saturated heterocycles. The summed E-state index contributed by atoms with van der Waals surface area (Å²) in [4.78, 5) is 11.2. The van der Waals surface area contributed by atoms with Gasteiger partial charge in [-0.2, -0.15) is 0 Å². The number of hydrogen-bond donors (Lipinski definition) is 0. The fraction of sp³-hybridized carbons (Fsp3) is 0.727. The second-order valence-corrected chi connectivity index (χ2v) is 3.53. The Morgan fingerprint density at radius 2 is 2.15 bits per heavy atom. The summed E-state index contributed by atoms with van der Waals surface area (Å²) in [6.07, 6.45) is 6.75. The third kappa shape index (κ3) is 4.23. The molecule has 0 aliphatic heterocycles. The number of carbonyl (C=O) groups is 1. The fourth-order valence-electron chi connectivity index (χ4n) is 1.48. The van der Waals surface area contributed by atoms with E-state index < -0.39 is 0 Å². The molecule has 13 heavy (non-hydrogen) atoms. The number of carbonyl (C=O) groups excluding carboxylic acids is 1. The molecule has 0 heterocycles. The van der Waals surface area contributed by atoms with Gasteiger partial charge in [0.25, 0.3) is 0 Å². The maximum atomic E-state index is 11.2. The third-order valence-electron chi connectivity index (χ3n) is 2.17. The Morgan fingerprint density at radius 1 is 1.38 bits per heavy atom. The zero-order valence-electron chi connectivity index (χ0n) is 8.34. The normalized spacial score (nSPS) is 18.2. The van der Waals surface area contributed by atoms with Crippen LogP contribution < -0.4 is 0 Å². The van der Waals surface area contributed by atoms with Gasteiger partial charge in [-0.05, 0) is 37.3 Å². The Bertz CT molecular complexity index is 194. The second-order valence-electron chi connectivity index (χ2n) is 3.53. The molecule has 2 heteroatoms. The first-order valence-electron chi connectivity index (χ1n) is 5.13. The van der Waals surface area contributed by atoms with Crippen LogP contribution in [0.1, 0.15) is 39.0 Å². The minimum Gasteiger partial charge on any atom is -0.377 e. The summed E-state index contributed by atoms with van der Waals surface area (Å²) < 4.78 is 5.41. The van der Waals surface area contributed by atoms with Crippen molar-refractivity contribution in [1.29, 1.82) is 0 Å². The number of rotatable bonds is 4. The van der Waals surface area contributed by atoms with E-state index in [1.807, 2.05) is 0 Å². The summed E-state index contributed by atoms with van der Waals surface area (Å²) in [5, 5.41) is 0. The van der Waals surface area contributed by atoms with Crippen LogP contribution in [-0.4, -0.2) is 19.0 Å². The molecule has 0 amide bonds. The molecule has 0 radical (unpaired) electrons. The Balaban J connectivity index is 2.32. The van der Waals surface area contributed by atoms with Gasteiger partial charge >= 0.3 is 0 Å². The Labute approximate surface area is 80.0 Å². The lowest BCUT2D eigenvalue weighted by Crippen LogP contribution is -2.00. The Hall–Kier alpha value is -0.630. The molecule has 0 fully saturated rings. The van der Waals surface area contributed by atoms with Crippen LogP contribution in [0, 0.1) is 0 Å². The standard InChI is InChI=1S/C11H18O2/c1-2-7-13-9-10-5-3-4-6-11(12)8-10/h8H,2-7,9H2,1H3. The number of ether oxygens (including phenoxy) is 1. The highest BCUT2D eigenvalue weighted by molar-refractivity contribution is 5.90. The van der Waals surface area contributed by atoms with Crippen molar-refractivity contribution < 1.29 is 9.53 Å². The minimum atomic E-state index is 0.271. The predicted molar refractivity (Wildman–Crippen MR) is 52.7 cm³/mol. The molecule has 0 saturated carbocycles. The summed E-state index contributed by atoms with van der Waals surface area (Å²) in [5.41, 5.74) is 1.18. The number of allylic oxidation sites excluding steroid dienone is 1. The van der Waals surface area contributed by atoms with Crippen LogP contribution in [0.15, 0.2) is 11.6 Å². The van der Waals surface area contributed by atoms with E-state index in [-0.39, 0.29) is 5.78 Å². The zero-order chi connectivity index (χ0) is 9.52. The highest BCUT2D eigenvalue weighted by Gasteiger charge is 2.07. The van der Waals surface area contributed by atoms with Crippen LogP contribution in [0.4, 0.5) is 0 Å². The van der Waals surface area contributed by atoms with E-state index in [1.54, 1.807) is 6.08 Å². The summed E-state index contributed by atoms with van der Waals surface area (Å²) in [6, 6.07) is 0. The lowest BCUT2D eigenvalue weighted by molar-refractivity contribution is -0.114. The van der Waals surface area contributed by atoms with Gasteiger partial charge in [-0.15, -0.1) is 0 Å². The maximum Gasteiger partial charge on any atom is 0.155 e. The quantitative estimate of drug-likeness (QED) is 0.624. The molecule has 1 rings (SSSR count). The highest BCUT2D eigenvalue weighted by Crippen LogP contribution is 2.15. The van der Waals surface area contributed by atoms with E-state index in [2.05, 4.69) is 6.92 Å². The minimum absolute atomic E-state index is 0.271. The summed E-state index contributed by atoms with van der Waals surface area (Å²) in [5.74, 6) is 0.271. The van der Waals surface area contributed by atoms with Crippen molar-refractivity contribution in [3.05, 3.63) is 11.6 Å². The second kappa shape index (κ2) is 5.92. The molecule has 0 aromatic rings. The molecule has 1 aliphatic carbocycles. The largest absolute Gasteiger partial charge is 0.377 e. The van der Waals surface area contributed by atoms with Crippen molar-refractivity contribution in [2.45, 2.75) is 39.0 Å². The van der Waals surface area contributed by atoms with Crippen LogP contribution in [-0.2, 0) is 9.53 Å². The van der Waals surface area contributed by atoms with Crippen LogP contribution in [0.3, 0.4) is 0 Å². The summed E-state index contributed by atoms with van der Waals surface area (Å²) >= 11 is 0. The molecule has 0 atom stereocenters. The molecule has 0 aromatic heterocycles. The van der Waals surface area contributed by atoms with Gasteiger partial charge in [0.15, 0.2) is 5.78 Å². The molecule has 74 valence electrons. The molecule has 0 N–H and O–H groups in total. The number of hydrogen-bond acceptors (Lipinski definition) is 2. The lowest BCUT2D eigenvalue weighted by Gasteiger charge is -2.04. The van der Waals surface area contributed by atoms with E-state index in [0.717, 1.165) is 38.7 Å². The predicted octanol–water partition coefficient (Wildman–Crippen LogP) is 2.48. The Kier molecular flexibility index (Phi) is 4.76. The van der Waals surface area contributed by atoms with Crippen molar-refractivity contribution in [2.75, 3.05) is 13.2 Å². The van der Waals surface area contributed by atoms with E-state index >= 15 is 0 Å². The molecule has 0 spiro atoms. The van der Waals surface area contributed by atoms with E-state index in [0.29, 0.717) is 6.61 Å². The molecule has 2 nitrogen and oxygen atoms in total. The topological polar surface area (TPSA) is 26.3 Å². The van der Waals surface area contributed by atoms with Crippen LogP contribution >= 0.6 is 0 Å². The van der Waals surface area contributed by atoms with Crippen molar-refractivity contribution >= 4 is 5.78 Å². The van der Waals surface area contributed by atoms with Crippen molar-refractivity contribution in [3.8, 4) is 0 Å². The van der Waals surface area contributed by atoms with Gasteiger partial charge in [0.05, 0.1) is 6.61 Å². The molecule has 0 unspecified atom stereocenters. The maximum absolute atomic E-state index is 11.2. The molecular formula is C11H18O2. The van der Waals surface area contributed by atoms with Crippen molar-refractivity contribution in [1.82, 2.24) is 0 Å². The molecule has 0 aromatic carbocycles. The van der Waals surface area contributed by atoms with E-state index in [4.69, 9.17) is 4.74 Å². The smallest absolute Gasteiger partial charge is 0.155 e. The van der Waals surface area contributed by atoms with Crippen LogP contribution in [0.2, 0.25) is 0 Å². The van der Waals surface area contributed by atoms with Gasteiger partial charge in [0, 0.05) is 13.0 Å². The first-order valence-corrected chi connectivity index (χ1v) is 5.13. The molecule has 1 aliphatic rings. The molecule has 0 bridgehead atoms. The van der Waals surface area contributed by atoms with E-state index in [9.17, 15) is 4.79 Å². The van der Waals surface area contributed by atoms with Crippen molar-refractivity contribution in [2.24, 2.45) is 0 Å². The van der Waals surface area contributed by atoms with Gasteiger partial charge in [0.1, 0.15) is 0 Å². The van der Waals surface area contributed by atoms with Gasteiger partial charge in [-0.25, -0.2) is 0 Å². The lowest BCUT2D eigenvalue weighted by atomic mass is 10.1. The highest BCUT2D eigenvalue weighted by atomic mass is 16.5.